The Balaban J connectivity index is 2.06. The van der Waals surface area contributed by atoms with Gasteiger partial charge < -0.3 is 9.64 Å². The summed E-state index contributed by atoms with van der Waals surface area (Å²) in [6, 6.07) is 3.40. The molecule has 2 nitrogen and oxygen atoms in total. The molecule has 5 heteroatoms. The first-order valence-electron chi connectivity index (χ1n) is 6.50. The van der Waals surface area contributed by atoms with Crippen LogP contribution in [0.4, 0.5) is 8.78 Å². The van der Waals surface area contributed by atoms with Crippen molar-refractivity contribution in [1.82, 2.24) is 4.90 Å². The molecule has 0 atom stereocenters. The fourth-order valence-electron chi connectivity index (χ4n) is 2.01. The molecule has 1 aliphatic rings. The number of hydrogen-bond donors (Lipinski definition) is 0. The largest absolute Gasteiger partial charge is 0.487 e. The molecule has 21 heavy (non-hydrogen) atoms. The summed E-state index contributed by atoms with van der Waals surface area (Å²) >= 11 is 6.19. The van der Waals surface area contributed by atoms with Crippen molar-refractivity contribution in [3.05, 3.63) is 70.6 Å². The zero-order valence-electron chi connectivity index (χ0n) is 11.7. The summed E-state index contributed by atoms with van der Waals surface area (Å²) in [4.78, 5) is 2.04. The minimum atomic E-state index is -0.628. The highest BCUT2D eigenvalue weighted by Gasteiger charge is 2.17. The van der Waals surface area contributed by atoms with Gasteiger partial charge in [0.05, 0.1) is 11.6 Å². The average Bonchev–Trinajstić information content (AvgIpc) is 2.43. The molecular weight excluding hydrogens is 296 g/mol. The van der Waals surface area contributed by atoms with Crippen LogP contribution >= 0.6 is 11.6 Å². The third-order valence-corrected chi connectivity index (χ3v) is 3.49. The van der Waals surface area contributed by atoms with Gasteiger partial charge in [0.25, 0.3) is 0 Å². The Morgan fingerprint density at radius 2 is 2.19 bits per heavy atom. The molecule has 1 aromatic rings. The number of rotatable bonds is 5. The van der Waals surface area contributed by atoms with E-state index in [2.05, 4.69) is 6.58 Å². The van der Waals surface area contributed by atoms with E-state index in [1.807, 2.05) is 11.8 Å². The molecule has 1 heterocycles. The fraction of sp³-hybridized carbons (Fsp3) is 0.250. The van der Waals surface area contributed by atoms with Gasteiger partial charge in [0.2, 0.25) is 0 Å². The van der Waals surface area contributed by atoms with Crippen molar-refractivity contribution in [3.63, 3.8) is 0 Å². The first-order valence-corrected chi connectivity index (χ1v) is 6.88. The van der Waals surface area contributed by atoms with Crippen LogP contribution in [-0.4, -0.2) is 18.0 Å². The monoisotopic (exact) mass is 311 g/mol. The van der Waals surface area contributed by atoms with Crippen LogP contribution in [0.3, 0.4) is 0 Å². The SMILES string of the molecule is C=CCN1CC(Cl)=C(OCc2ccc(F)cc2F)C=C1C. The van der Waals surface area contributed by atoms with E-state index in [4.69, 9.17) is 16.3 Å². The molecule has 0 aromatic heterocycles. The van der Waals surface area contributed by atoms with Crippen LogP contribution in [0.25, 0.3) is 0 Å². The lowest BCUT2D eigenvalue weighted by Crippen LogP contribution is -2.27. The van der Waals surface area contributed by atoms with Gasteiger partial charge in [-0.3, -0.25) is 0 Å². The molecule has 0 bridgehead atoms. The van der Waals surface area contributed by atoms with Crippen molar-refractivity contribution in [2.75, 3.05) is 13.1 Å². The molecule has 1 aromatic carbocycles. The molecule has 1 aliphatic heterocycles. The van der Waals surface area contributed by atoms with Crippen LogP contribution in [0.2, 0.25) is 0 Å². The molecular formula is C16H16ClF2NO. The standard InChI is InChI=1S/C16H16ClF2NO/c1-3-6-20-9-14(17)16(7-11(20)2)21-10-12-4-5-13(18)8-15(12)19/h3-5,7-8H,1,6,9-10H2,2H3. The molecule has 0 spiro atoms. The van der Waals surface area contributed by atoms with Crippen molar-refractivity contribution in [1.29, 1.82) is 0 Å². The lowest BCUT2D eigenvalue weighted by atomic mass is 10.2. The van der Waals surface area contributed by atoms with Crippen LogP contribution in [0.5, 0.6) is 0 Å². The van der Waals surface area contributed by atoms with Gasteiger partial charge in [0.15, 0.2) is 0 Å². The zero-order valence-corrected chi connectivity index (χ0v) is 12.5. The lowest BCUT2D eigenvalue weighted by molar-refractivity contribution is 0.198. The van der Waals surface area contributed by atoms with Gasteiger partial charge in [-0.25, -0.2) is 8.78 Å². The van der Waals surface area contributed by atoms with E-state index in [1.165, 1.54) is 12.1 Å². The minimum absolute atomic E-state index is 0.00288. The van der Waals surface area contributed by atoms with Crippen LogP contribution < -0.4 is 0 Å². The Kier molecular flexibility index (Phi) is 5.02. The maximum atomic E-state index is 13.5. The number of ether oxygens (including phenoxy) is 1. The van der Waals surface area contributed by atoms with Gasteiger partial charge in [-0.15, -0.1) is 6.58 Å². The molecule has 0 unspecified atom stereocenters. The van der Waals surface area contributed by atoms with E-state index >= 15 is 0 Å². The summed E-state index contributed by atoms with van der Waals surface area (Å²) in [5.41, 5.74) is 1.28. The molecule has 112 valence electrons. The third-order valence-electron chi connectivity index (χ3n) is 3.18. The summed E-state index contributed by atoms with van der Waals surface area (Å²) in [5, 5.41) is 0.546. The average molecular weight is 312 g/mol. The molecule has 0 saturated heterocycles. The van der Waals surface area contributed by atoms with E-state index in [9.17, 15) is 8.78 Å². The van der Waals surface area contributed by atoms with Crippen molar-refractivity contribution in [2.45, 2.75) is 13.5 Å². The van der Waals surface area contributed by atoms with Crippen LogP contribution in [-0.2, 0) is 11.3 Å². The van der Waals surface area contributed by atoms with Crippen molar-refractivity contribution >= 4 is 11.6 Å². The summed E-state index contributed by atoms with van der Waals surface area (Å²) in [6.07, 6.45) is 3.60. The highest BCUT2D eigenvalue weighted by molar-refractivity contribution is 6.30. The zero-order chi connectivity index (χ0) is 15.4. The molecule has 0 amide bonds. The van der Waals surface area contributed by atoms with Crippen LogP contribution in [0, 0.1) is 11.6 Å². The molecule has 0 N–H and O–H groups in total. The number of allylic oxidation sites excluding steroid dienone is 2. The predicted molar refractivity (Wildman–Crippen MR) is 79.6 cm³/mol. The Bertz CT molecular complexity index is 610. The van der Waals surface area contributed by atoms with Gasteiger partial charge >= 0.3 is 0 Å². The molecule has 2 rings (SSSR count). The predicted octanol–water partition coefficient (Wildman–Crippen LogP) is 4.34. The molecule has 0 aliphatic carbocycles. The molecule has 0 radical (unpaired) electrons. The van der Waals surface area contributed by atoms with E-state index < -0.39 is 11.6 Å². The maximum absolute atomic E-state index is 13.5. The second-order valence-corrected chi connectivity index (χ2v) is 5.20. The van der Waals surface area contributed by atoms with Gasteiger partial charge in [-0.05, 0) is 19.1 Å². The quantitative estimate of drug-likeness (QED) is 0.750. The summed E-state index contributed by atoms with van der Waals surface area (Å²) in [6.45, 7) is 6.85. The minimum Gasteiger partial charge on any atom is -0.487 e. The highest BCUT2D eigenvalue weighted by Crippen LogP contribution is 2.25. The summed E-state index contributed by atoms with van der Waals surface area (Å²) in [7, 11) is 0. The van der Waals surface area contributed by atoms with Crippen molar-refractivity contribution < 1.29 is 13.5 Å². The highest BCUT2D eigenvalue weighted by atomic mass is 35.5. The Morgan fingerprint density at radius 3 is 2.86 bits per heavy atom. The Morgan fingerprint density at radius 1 is 1.43 bits per heavy atom. The van der Waals surface area contributed by atoms with E-state index in [-0.39, 0.29) is 12.2 Å². The first-order chi connectivity index (χ1) is 10.0. The lowest BCUT2D eigenvalue weighted by Gasteiger charge is -2.28. The van der Waals surface area contributed by atoms with E-state index in [0.717, 1.165) is 11.8 Å². The summed E-state index contributed by atoms with van der Waals surface area (Å²) < 4.78 is 31.9. The number of halogens is 3. The normalized spacial score (nSPS) is 15.0. The van der Waals surface area contributed by atoms with Crippen LogP contribution in [0.15, 0.2) is 53.4 Å². The second kappa shape index (κ2) is 6.76. The van der Waals surface area contributed by atoms with Crippen LogP contribution in [0.1, 0.15) is 12.5 Å². The van der Waals surface area contributed by atoms with Gasteiger partial charge in [0, 0.05) is 29.9 Å². The van der Waals surface area contributed by atoms with Crippen molar-refractivity contribution in [2.24, 2.45) is 0 Å². The second-order valence-electron chi connectivity index (χ2n) is 4.75. The third kappa shape index (κ3) is 3.85. The Hall–Kier alpha value is -1.81. The smallest absolute Gasteiger partial charge is 0.137 e. The number of hydrogen-bond acceptors (Lipinski definition) is 2. The van der Waals surface area contributed by atoms with Crippen molar-refractivity contribution in [3.8, 4) is 0 Å². The fourth-order valence-corrected chi connectivity index (χ4v) is 2.26. The Labute approximate surface area is 128 Å². The summed E-state index contributed by atoms with van der Waals surface area (Å²) in [5.74, 6) is -0.725. The van der Waals surface area contributed by atoms with Gasteiger partial charge in [0.1, 0.15) is 24.0 Å². The van der Waals surface area contributed by atoms with E-state index in [0.29, 0.717) is 23.9 Å². The number of benzene rings is 1. The number of nitrogens with zero attached hydrogens (tertiary/aromatic N) is 1. The maximum Gasteiger partial charge on any atom is 0.137 e. The molecule has 0 fully saturated rings. The van der Waals surface area contributed by atoms with Gasteiger partial charge in [-0.2, -0.15) is 0 Å². The topological polar surface area (TPSA) is 12.5 Å². The molecule has 0 saturated carbocycles. The van der Waals surface area contributed by atoms with E-state index in [1.54, 1.807) is 12.2 Å². The first kappa shape index (κ1) is 15.6. The van der Waals surface area contributed by atoms with Gasteiger partial charge in [-0.1, -0.05) is 17.7 Å².